The summed E-state index contributed by atoms with van der Waals surface area (Å²) in [7, 11) is 0. The summed E-state index contributed by atoms with van der Waals surface area (Å²) in [4.78, 5) is 12.6. The van der Waals surface area contributed by atoms with Gasteiger partial charge in [0.05, 0.1) is 5.41 Å². The number of amides is 1. The second kappa shape index (κ2) is 6.51. The van der Waals surface area contributed by atoms with Crippen LogP contribution in [0.3, 0.4) is 0 Å². The maximum Gasteiger partial charge on any atom is 0.232 e. The lowest BCUT2D eigenvalue weighted by atomic mass is 9.79. The van der Waals surface area contributed by atoms with Crippen LogP contribution < -0.4 is 11.1 Å². The third-order valence-electron chi connectivity index (χ3n) is 4.12. The first-order valence-corrected chi connectivity index (χ1v) is 8.04. The van der Waals surface area contributed by atoms with Crippen LogP contribution in [0.1, 0.15) is 12.8 Å². The number of benzene rings is 1. The molecule has 7 heteroatoms. The Balaban J connectivity index is 1.71. The maximum absolute atomic E-state index is 12.6. The standard InChI is InChI=1S/C15H18N4O2S/c16-10-15(5-7-21-8-6-15)14(20)17-12-3-1-11(2-4-12)13-9-22-19-18-13/h1-4,9H,5-8,10,16H2,(H,17,20). The molecule has 0 radical (unpaired) electrons. The number of hydrogen-bond donors (Lipinski definition) is 2. The van der Waals surface area contributed by atoms with E-state index in [1.165, 1.54) is 11.5 Å². The number of carbonyl (C=O) groups excluding carboxylic acids is 1. The van der Waals surface area contributed by atoms with E-state index in [-0.39, 0.29) is 5.91 Å². The van der Waals surface area contributed by atoms with E-state index in [4.69, 9.17) is 10.5 Å². The first-order valence-electron chi connectivity index (χ1n) is 7.20. The average Bonchev–Trinajstić information content (AvgIpc) is 3.10. The van der Waals surface area contributed by atoms with Crippen LogP contribution in [0.4, 0.5) is 5.69 Å². The molecule has 3 N–H and O–H groups in total. The Hall–Kier alpha value is -1.83. The summed E-state index contributed by atoms with van der Waals surface area (Å²) in [5.74, 6) is -0.0265. The lowest BCUT2D eigenvalue weighted by Gasteiger charge is -2.34. The third-order valence-corrected chi connectivity index (χ3v) is 4.63. The second-order valence-corrected chi connectivity index (χ2v) is 6.03. The summed E-state index contributed by atoms with van der Waals surface area (Å²) in [5, 5.41) is 8.88. The molecule has 1 amide bonds. The smallest absolute Gasteiger partial charge is 0.232 e. The summed E-state index contributed by atoms with van der Waals surface area (Å²) in [6.07, 6.45) is 1.33. The minimum atomic E-state index is -0.518. The summed E-state index contributed by atoms with van der Waals surface area (Å²) in [6, 6.07) is 7.59. The van der Waals surface area contributed by atoms with E-state index in [2.05, 4.69) is 14.9 Å². The monoisotopic (exact) mass is 318 g/mol. The molecular formula is C15H18N4O2S. The zero-order valence-corrected chi connectivity index (χ0v) is 12.9. The predicted octanol–water partition coefficient (Wildman–Crippen LogP) is 1.90. The molecule has 6 nitrogen and oxygen atoms in total. The highest BCUT2D eigenvalue weighted by Gasteiger charge is 2.38. The van der Waals surface area contributed by atoms with Crippen molar-refractivity contribution in [3.63, 3.8) is 0 Å². The van der Waals surface area contributed by atoms with E-state index in [9.17, 15) is 4.79 Å². The lowest BCUT2D eigenvalue weighted by Crippen LogP contribution is -2.46. The van der Waals surface area contributed by atoms with Crippen molar-refractivity contribution in [2.45, 2.75) is 12.8 Å². The van der Waals surface area contributed by atoms with Crippen LogP contribution in [-0.2, 0) is 9.53 Å². The number of rotatable bonds is 4. The molecule has 22 heavy (non-hydrogen) atoms. The topological polar surface area (TPSA) is 90.1 Å². The molecule has 1 aromatic carbocycles. The van der Waals surface area contributed by atoms with Crippen LogP contribution in [-0.4, -0.2) is 35.3 Å². The van der Waals surface area contributed by atoms with Gasteiger partial charge >= 0.3 is 0 Å². The van der Waals surface area contributed by atoms with E-state index in [0.29, 0.717) is 32.6 Å². The highest BCUT2D eigenvalue weighted by Crippen LogP contribution is 2.31. The van der Waals surface area contributed by atoms with Gasteiger partial charge in [-0.2, -0.15) is 0 Å². The number of aromatic nitrogens is 2. The Morgan fingerprint density at radius 2 is 2.05 bits per heavy atom. The highest BCUT2D eigenvalue weighted by molar-refractivity contribution is 7.03. The van der Waals surface area contributed by atoms with Crippen LogP contribution >= 0.6 is 11.5 Å². The number of nitrogens with zero attached hydrogens (tertiary/aromatic N) is 2. The molecule has 1 saturated heterocycles. The van der Waals surface area contributed by atoms with Gasteiger partial charge < -0.3 is 15.8 Å². The van der Waals surface area contributed by atoms with Crippen molar-refractivity contribution in [3.8, 4) is 11.3 Å². The van der Waals surface area contributed by atoms with Gasteiger partial charge in [-0.05, 0) is 36.5 Å². The van der Waals surface area contributed by atoms with Gasteiger partial charge in [0.2, 0.25) is 5.91 Å². The molecule has 1 aliphatic heterocycles. The van der Waals surface area contributed by atoms with Crippen LogP contribution in [0.15, 0.2) is 29.6 Å². The summed E-state index contributed by atoms with van der Waals surface area (Å²) < 4.78 is 9.18. The molecule has 2 heterocycles. The highest BCUT2D eigenvalue weighted by atomic mass is 32.1. The molecule has 1 fully saturated rings. The van der Waals surface area contributed by atoms with Crippen LogP contribution in [0.25, 0.3) is 11.3 Å². The number of nitrogens with two attached hydrogens (primary N) is 1. The number of hydrogen-bond acceptors (Lipinski definition) is 6. The summed E-state index contributed by atoms with van der Waals surface area (Å²) in [5.41, 5.74) is 7.91. The van der Waals surface area contributed by atoms with Gasteiger partial charge in [-0.1, -0.05) is 16.6 Å². The fraction of sp³-hybridized carbons (Fsp3) is 0.400. The molecule has 0 bridgehead atoms. The fourth-order valence-corrected chi connectivity index (χ4v) is 3.03. The zero-order chi connectivity index (χ0) is 15.4. The summed E-state index contributed by atoms with van der Waals surface area (Å²) >= 11 is 1.31. The Morgan fingerprint density at radius 3 is 2.64 bits per heavy atom. The van der Waals surface area contributed by atoms with Gasteiger partial charge in [0.15, 0.2) is 0 Å². The van der Waals surface area contributed by atoms with Crippen molar-refractivity contribution in [1.29, 1.82) is 0 Å². The molecule has 0 saturated carbocycles. The maximum atomic E-state index is 12.6. The molecule has 1 aromatic heterocycles. The Morgan fingerprint density at radius 1 is 1.32 bits per heavy atom. The number of anilines is 1. The molecule has 0 spiro atoms. The van der Waals surface area contributed by atoms with E-state index in [1.54, 1.807) is 0 Å². The largest absolute Gasteiger partial charge is 0.381 e. The number of ether oxygens (including phenoxy) is 1. The second-order valence-electron chi connectivity index (χ2n) is 5.42. The van der Waals surface area contributed by atoms with Gasteiger partial charge in [-0.3, -0.25) is 4.79 Å². The molecule has 0 unspecified atom stereocenters. The minimum Gasteiger partial charge on any atom is -0.381 e. The molecule has 3 rings (SSSR count). The van der Waals surface area contributed by atoms with Gasteiger partial charge in [-0.25, -0.2) is 0 Å². The minimum absolute atomic E-state index is 0.0265. The van der Waals surface area contributed by atoms with Crippen molar-refractivity contribution >= 4 is 23.1 Å². The first kappa shape index (κ1) is 15.1. The molecule has 1 aliphatic rings. The van der Waals surface area contributed by atoms with Crippen LogP contribution in [0.2, 0.25) is 0 Å². The number of carbonyl (C=O) groups is 1. The Bertz CT molecular complexity index is 622. The van der Waals surface area contributed by atoms with E-state index < -0.39 is 5.41 Å². The lowest BCUT2D eigenvalue weighted by molar-refractivity contribution is -0.130. The SMILES string of the molecule is NCC1(C(=O)Nc2ccc(-c3csnn3)cc2)CCOCC1. The third kappa shape index (κ3) is 3.01. The van der Waals surface area contributed by atoms with Crippen molar-refractivity contribution in [2.24, 2.45) is 11.1 Å². The van der Waals surface area contributed by atoms with Crippen molar-refractivity contribution in [2.75, 3.05) is 25.1 Å². The summed E-state index contributed by atoms with van der Waals surface area (Å²) in [6.45, 7) is 1.51. The quantitative estimate of drug-likeness (QED) is 0.898. The molecular weight excluding hydrogens is 300 g/mol. The molecule has 0 aliphatic carbocycles. The van der Waals surface area contributed by atoms with Crippen molar-refractivity contribution in [3.05, 3.63) is 29.6 Å². The first-order chi connectivity index (χ1) is 10.7. The molecule has 116 valence electrons. The van der Waals surface area contributed by atoms with Crippen LogP contribution in [0.5, 0.6) is 0 Å². The zero-order valence-electron chi connectivity index (χ0n) is 12.1. The Kier molecular flexibility index (Phi) is 4.47. The number of nitrogens with one attached hydrogen (secondary N) is 1. The molecule has 2 aromatic rings. The van der Waals surface area contributed by atoms with E-state index >= 15 is 0 Å². The van der Waals surface area contributed by atoms with Crippen LogP contribution in [0, 0.1) is 5.41 Å². The van der Waals surface area contributed by atoms with Crippen molar-refractivity contribution < 1.29 is 9.53 Å². The van der Waals surface area contributed by atoms with E-state index in [1.807, 2.05) is 29.6 Å². The van der Waals surface area contributed by atoms with Gasteiger partial charge in [0.25, 0.3) is 0 Å². The fourth-order valence-electron chi connectivity index (χ4n) is 2.56. The van der Waals surface area contributed by atoms with E-state index in [0.717, 1.165) is 16.9 Å². The van der Waals surface area contributed by atoms with Gasteiger partial charge in [-0.15, -0.1) is 5.10 Å². The average molecular weight is 318 g/mol. The predicted molar refractivity (Wildman–Crippen MR) is 85.5 cm³/mol. The van der Waals surface area contributed by atoms with Gasteiger partial charge in [0, 0.05) is 36.4 Å². The van der Waals surface area contributed by atoms with Crippen molar-refractivity contribution in [1.82, 2.24) is 9.59 Å². The Labute approximate surface area is 132 Å². The van der Waals surface area contributed by atoms with Gasteiger partial charge in [0.1, 0.15) is 5.69 Å². The normalized spacial score (nSPS) is 17.1. The molecule has 0 atom stereocenters.